The van der Waals surface area contributed by atoms with Gasteiger partial charge in [0.15, 0.2) is 11.5 Å². The number of aromatic nitrogens is 1. The lowest BCUT2D eigenvalue weighted by molar-refractivity contribution is 0.0950. The summed E-state index contributed by atoms with van der Waals surface area (Å²) < 4.78 is 11.3. The predicted molar refractivity (Wildman–Crippen MR) is 106 cm³/mol. The highest BCUT2D eigenvalue weighted by atomic mass is 35.5. The summed E-state index contributed by atoms with van der Waals surface area (Å²) in [5, 5.41) is 6.27. The summed E-state index contributed by atoms with van der Waals surface area (Å²) >= 11 is 7.92. The van der Waals surface area contributed by atoms with Gasteiger partial charge in [0, 0.05) is 16.9 Å². The Bertz CT molecular complexity index is 746. The molecular formula is C19H25ClN2O3S. The molecule has 0 fully saturated rings. The zero-order valence-corrected chi connectivity index (χ0v) is 17.2. The van der Waals surface area contributed by atoms with Crippen LogP contribution in [0.4, 0.5) is 0 Å². The maximum atomic E-state index is 12.5. The molecule has 26 heavy (non-hydrogen) atoms. The summed E-state index contributed by atoms with van der Waals surface area (Å²) in [5.41, 5.74) is 1.28. The van der Waals surface area contributed by atoms with Gasteiger partial charge in [-0.15, -0.1) is 11.3 Å². The van der Waals surface area contributed by atoms with E-state index in [1.807, 2.05) is 19.2 Å². The van der Waals surface area contributed by atoms with E-state index < -0.39 is 0 Å². The van der Waals surface area contributed by atoms with Gasteiger partial charge in [-0.1, -0.05) is 32.4 Å². The summed E-state index contributed by atoms with van der Waals surface area (Å²) in [6.45, 7) is 9.45. The minimum Gasteiger partial charge on any atom is -0.490 e. The van der Waals surface area contributed by atoms with E-state index in [-0.39, 0.29) is 5.91 Å². The van der Waals surface area contributed by atoms with E-state index in [9.17, 15) is 4.79 Å². The lowest BCUT2D eigenvalue weighted by atomic mass is 10.2. The molecule has 0 saturated carbocycles. The van der Waals surface area contributed by atoms with Crippen LogP contribution in [0.5, 0.6) is 11.5 Å². The van der Waals surface area contributed by atoms with Crippen LogP contribution in [0, 0.1) is 0 Å². The molecule has 7 heteroatoms. The first-order valence-corrected chi connectivity index (χ1v) is 10.0. The second kappa shape index (κ2) is 9.78. The van der Waals surface area contributed by atoms with Gasteiger partial charge >= 0.3 is 0 Å². The fourth-order valence-electron chi connectivity index (χ4n) is 2.25. The van der Waals surface area contributed by atoms with E-state index in [0.29, 0.717) is 47.8 Å². The van der Waals surface area contributed by atoms with E-state index in [0.717, 1.165) is 17.1 Å². The minimum atomic E-state index is -0.228. The standard InChI is InChI=1S/C19H25ClN2O3S/c1-5-7-25-17-15(20)8-13(9-16(17)24-6-2)18(23)21-10-14-11-26-19(22-14)12(3)4/h8-9,11-12H,5-7,10H2,1-4H3,(H,21,23). The Hall–Kier alpha value is -1.79. The number of halogens is 1. The van der Waals surface area contributed by atoms with Gasteiger partial charge in [0.2, 0.25) is 0 Å². The van der Waals surface area contributed by atoms with Crippen LogP contribution < -0.4 is 14.8 Å². The molecule has 2 rings (SSSR count). The van der Waals surface area contributed by atoms with Crippen LogP contribution in [0.25, 0.3) is 0 Å². The quantitative estimate of drug-likeness (QED) is 0.645. The largest absolute Gasteiger partial charge is 0.490 e. The number of nitrogens with zero attached hydrogens (tertiary/aromatic N) is 1. The van der Waals surface area contributed by atoms with Gasteiger partial charge in [0.25, 0.3) is 5.91 Å². The Kier molecular flexibility index (Phi) is 7.72. The second-order valence-corrected chi connectivity index (χ2v) is 7.38. The van der Waals surface area contributed by atoms with Gasteiger partial charge in [-0.3, -0.25) is 4.79 Å². The fraction of sp³-hybridized carbons (Fsp3) is 0.474. The molecule has 1 amide bonds. The SMILES string of the molecule is CCCOc1c(Cl)cc(C(=O)NCc2csc(C(C)C)n2)cc1OCC. The Morgan fingerprint density at radius 3 is 2.69 bits per heavy atom. The Balaban J connectivity index is 2.11. The Labute approximate surface area is 163 Å². The highest BCUT2D eigenvalue weighted by molar-refractivity contribution is 7.09. The normalized spacial score (nSPS) is 10.8. The molecule has 142 valence electrons. The molecule has 1 heterocycles. The summed E-state index contributed by atoms with van der Waals surface area (Å²) in [4.78, 5) is 17.0. The number of rotatable bonds is 9. The van der Waals surface area contributed by atoms with Gasteiger partial charge in [0.1, 0.15) is 0 Å². The lowest BCUT2D eigenvalue weighted by Crippen LogP contribution is -2.23. The van der Waals surface area contributed by atoms with E-state index >= 15 is 0 Å². The lowest BCUT2D eigenvalue weighted by Gasteiger charge is -2.14. The molecular weight excluding hydrogens is 372 g/mol. The van der Waals surface area contributed by atoms with Gasteiger partial charge in [-0.2, -0.15) is 0 Å². The molecule has 1 aromatic heterocycles. The zero-order valence-electron chi connectivity index (χ0n) is 15.6. The molecule has 1 aromatic carbocycles. The monoisotopic (exact) mass is 396 g/mol. The van der Waals surface area contributed by atoms with E-state index in [4.69, 9.17) is 21.1 Å². The van der Waals surface area contributed by atoms with Crippen molar-refractivity contribution < 1.29 is 14.3 Å². The highest BCUT2D eigenvalue weighted by Crippen LogP contribution is 2.36. The third-order valence-corrected chi connectivity index (χ3v) is 4.99. The van der Waals surface area contributed by atoms with E-state index in [2.05, 4.69) is 24.1 Å². The summed E-state index contributed by atoms with van der Waals surface area (Å²) in [6, 6.07) is 3.27. The molecule has 0 radical (unpaired) electrons. The number of benzene rings is 1. The topological polar surface area (TPSA) is 60.5 Å². The molecule has 0 unspecified atom stereocenters. The maximum absolute atomic E-state index is 12.5. The summed E-state index contributed by atoms with van der Waals surface area (Å²) in [5.74, 6) is 1.11. The number of hydrogen-bond acceptors (Lipinski definition) is 5. The predicted octanol–water partition coefficient (Wildman–Crippen LogP) is 5.04. The van der Waals surface area contributed by atoms with Crippen LogP contribution in [-0.2, 0) is 6.54 Å². The number of hydrogen-bond donors (Lipinski definition) is 1. The second-order valence-electron chi connectivity index (χ2n) is 6.08. The molecule has 0 aliphatic carbocycles. The van der Waals surface area contributed by atoms with Crippen LogP contribution in [0.15, 0.2) is 17.5 Å². The van der Waals surface area contributed by atoms with Crippen LogP contribution >= 0.6 is 22.9 Å². The number of carbonyl (C=O) groups excluding carboxylic acids is 1. The molecule has 5 nitrogen and oxygen atoms in total. The van der Waals surface area contributed by atoms with Gasteiger partial charge in [-0.05, 0) is 25.5 Å². The fourth-order valence-corrected chi connectivity index (χ4v) is 3.35. The molecule has 0 aliphatic heterocycles. The van der Waals surface area contributed by atoms with Crippen molar-refractivity contribution in [1.82, 2.24) is 10.3 Å². The van der Waals surface area contributed by atoms with E-state index in [1.165, 1.54) is 0 Å². The number of carbonyl (C=O) groups is 1. The van der Waals surface area contributed by atoms with Crippen LogP contribution in [0.3, 0.4) is 0 Å². The first-order valence-electron chi connectivity index (χ1n) is 8.77. The van der Waals surface area contributed by atoms with Crippen molar-refractivity contribution in [1.29, 1.82) is 0 Å². The van der Waals surface area contributed by atoms with Crippen molar-refractivity contribution in [2.75, 3.05) is 13.2 Å². The minimum absolute atomic E-state index is 0.228. The smallest absolute Gasteiger partial charge is 0.251 e. The number of amides is 1. The number of thiazole rings is 1. The molecule has 0 bridgehead atoms. The first kappa shape index (κ1) is 20.5. The molecule has 1 N–H and O–H groups in total. The third-order valence-electron chi connectivity index (χ3n) is 3.52. The number of nitrogens with one attached hydrogen (secondary N) is 1. The highest BCUT2D eigenvalue weighted by Gasteiger charge is 2.16. The number of ether oxygens (including phenoxy) is 2. The molecule has 0 atom stereocenters. The average Bonchev–Trinajstić information content (AvgIpc) is 3.08. The molecule has 0 saturated heterocycles. The average molecular weight is 397 g/mol. The van der Waals surface area contributed by atoms with Crippen LogP contribution in [0.2, 0.25) is 5.02 Å². The van der Waals surface area contributed by atoms with Crippen molar-refractivity contribution >= 4 is 28.8 Å². The van der Waals surface area contributed by atoms with Crippen molar-refractivity contribution in [2.45, 2.75) is 46.6 Å². The molecule has 0 spiro atoms. The molecule has 2 aromatic rings. The van der Waals surface area contributed by atoms with Crippen molar-refractivity contribution in [3.05, 3.63) is 38.8 Å². The van der Waals surface area contributed by atoms with Crippen LogP contribution in [-0.4, -0.2) is 24.1 Å². The third kappa shape index (κ3) is 5.35. The van der Waals surface area contributed by atoms with Gasteiger partial charge < -0.3 is 14.8 Å². The van der Waals surface area contributed by atoms with Crippen molar-refractivity contribution in [3.63, 3.8) is 0 Å². The summed E-state index contributed by atoms with van der Waals surface area (Å²) in [6.07, 6.45) is 0.857. The van der Waals surface area contributed by atoms with Gasteiger partial charge in [0.05, 0.1) is 35.5 Å². The van der Waals surface area contributed by atoms with Crippen molar-refractivity contribution in [2.24, 2.45) is 0 Å². The van der Waals surface area contributed by atoms with Gasteiger partial charge in [-0.25, -0.2) is 4.98 Å². The Morgan fingerprint density at radius 2 is 2.08 bits per heavy atom. The Morgan fingerprint density at radius 1 is 1.31 bits per heavy atom. The van der Waals surface area contributed by atoms with E-state index in [1.54, 1.807) is 23.5 Å². The van der Waals surface area contributed by atoms with Crippen molar-refractivity contribution in [3.8, 4) is 11.5 Å². The maximum Gasteiger partial charge on any atom is 0.251 e. The first-order chi connectivity index (χ1) is 12.5. The summed E-state index contributed by atoms with van der Waals surface area (Å²) in [7, 11) is 0. The van der Waals surface area contributed by atoms with Crippen LogP contribution in [0.1, 0.15) is 61.1 Å². The zero-order chi connectivity index (χ0) is 19.1. The molecule has 0 aliphatic rings.